The summed E-state index contributed by atoms with van der Waals surface area (Å²) in [6, 6.07) is 12.8. The van der Waals surface area contributed by atoms with E-state index in [1.807, 2.05) is 19.2 Å². The first-order valence-electron chi connectivity index (χ1n) is 10.9. The minimum absolute atomic E-state index is 0.828. The molecule has 1 saturated heterocycles. The topological polar surface area (TPSA) is 49.3 Å². The number of hydrogen-bond donors (Lipinski definition) is 2. The van der Waals surface area contributed by atoms with Crippen LogP contribution in [0.5, 0.6) is 0 Å². The number of aryl methyl sites for hydroxylation is 1. The molecule has 0 aliphatic carbocycles. The number of pyridine rings is 1. The number of aromatic nitrogens is 1. The highest BCUT2D eigenvalue weighted by molar-refractivity contribution is 7.99. The quantitative estimate of drug-likeness (QED) is 0.619. The number of nitrogens with zero attached hydrogens (tertiary/aromatic N) is 2. The predicted octanol–water partition coefficient (Wildman–Crippen LogP) is 5.84. The second-order valence-corrected chi connectivity index (χ2v) is 9.06. The summed E-state index contributed by atoms with van der Waals surface area (Å²) in [5, 5.41) is 6.91. The lowest BCUT2D eigenvalue weighted by molar-refractivity contribution is 0.354. The van der Waals surface area contributed by atoms with Crippen molar-refractivity contribution >= 4 is 23.4 Å². The van der Waals surface area contributed by atoms with Crippen LogP contribution in [0.1, 0.15) is 38.2 Å². The number of rotatable bonds is 6. The van der Waals surface area contributed by atoms with Crippen molar-refractivity contribution in [3.05, 3.63) is 72.1 Å². The molecule has 2 aliphatic heterocycles. The van der Waals surface area contributed by atoms with Crippen molar-refractivity contribution in [1.29, 1.82) is 0 Å². The third kappa shape index (κ3) is 6.07. The number of benzene rings is 1. The molecule has 0 radical (unpaired) electrons. The van der Waals surface area contributed by atoms with Crippen molar-refractivity contribution in [1.82, 2.24) is 10.3 Å². The molecular formula is C25H30N4S. The second-order valence-electron chi connectivity index (χ2n) is 7.94. The number of piperidine rings is 1. The summed E-state index contributed by atoms with van der Waals surface area (Å²) < 4.78 is 0. The average molecular weight is 419 g/mol. The van der Waals surface area contributed by atoms with E-state index in [2.05, 4.69) is 64.2 Å². The van der Waals surface area contributed by atoms with Gasteiger partial charge >= 0.3 is 0 Å². The summed E-state index contributed by atoms with van der Waals surface area (Å²) in [7, 11) is 0. The van der Waals surface area contributed by atoms with Gasteiger partial charge in [0.2, 0.25) is 0 Å². The van der Waals surface area contributed by atoms with Crippen LogP contribution in [0.15, 0.2) is 81.3 Å². The Labute approximate surface area is 184 Å². The Bertz CT molecular complexity index is 927. The van der Waals surface area contributed by atoms with E-state index < -0.39 is 0 Å². The van der Waals surface area contributed by atoms with Crippen molar-refractivity contribution in [2.75, 3.05) is 18.4 Å². The zero-order valence-corrected chi connectivity index (χ0v) is 18.4. The SMILES string of the molecule is CC1=CCC=CC(Nc2ncc(CCC3CCNCC3)cc2Sc2ccccc2)=N1. The Morgan fingerprint density at radius 1 is 1.17 bits per heavy atom. The van der Waals surface area contributed by atoms with Crippen molar-refractivity contribution in [2.24, 2.45) is 10.9 Å². The zero-order chi connectivity index (χ0) is 20.6. The first-order chi connectivity index (χ1) is 14.8. The molecule has 0 amide bonds. The highest BCUT2D eigenvalue weighted by Gasteiger charge is 2.14. The van der Waals surface area contributed by atoms with Gasteiger partial charge in [-0.1, -0.05) is 42.1 Å². The van der Waals surface area contributed by atoms with E-state index in [0.717, 1.165) is 54.1 Å². The summed E-state index contributed by atoms with van der Waals surface area (Å²) in [6.45, 7) is 4.35. The van der Waals surface area contributed by atoms with Crippen molar-refractivity contribution in [3.63, 3.8) is 0 Å². The van der Waals surface area contributed by atoms with Gasteiger partial charge < -0.3 is 10.6 Å². The van der Waals surface area contributed by atoms with E-state index in [4.69, 9.17) is 4.98 Å². The van der Waals surface area contributed by atoms with E-state index in [0.29, 0.717) is 0 Å². The van der Waals surface area contributed by atoms with Gasteiger partial charge in [-0.05, 0) is 87.9 Å². The van der Waals surface area contributed by atoms with E-state index in [1.165, 1.54) is 29.7 Å². The van der Waals surface area contributed by atoms with Crippen LogP contribution in [0.3, 0.4) is 0 Å². The van der Waals surface area contributed by atoms with Gasteiger partial charge in [0.05, 0.1) is 4.90 Å². The minimum atomic E-state index is 0.828. The molecule has 2 N–H and O–H groups in total. The van der Waals surface area contributed by atoms with Crippen LogP contribution in [0.25, 0.3) is 0 Å². The number of hydrogen-bond acceptors (Lipinski definition) is 5. The third-order valence-electron chi connectivity index (χ3n) is 5.55. The first-order valence-corrected chi connectivity index (χ1v) is 11.7. The molecule has 2 aliphatic rings. The Kier molecular flexibility index (Phi) is 7.38. The molecule has 0 bridgehead atoms. The van der Waals surface area contributed by atoms with Gasteiger partial charge in [0.25, 0.3) is 0 Å². The van der Waals surface area contributed by atoms with Crippen LogP contribution in [-0.4, -0.2) is 23.9 Å². The Morgan fingerprint density at radius 2 is 2.00 bits per heavy atom. The molecule has 30 heavy (non-hydrogen) atoms. The van der Waals surface area contributed by atoms with Crippen LogP contribution < -0.4 is 10.6 Å². The highest BCUT2D eigenvalue weighted by Crippen LogP contribution is 2.33. The lowest BCUT2D eigenvalue weighted by Crippen LogP contribution is -2.27. The number of aliphatic imine (C=N–C) groups is 1. The summed E-state index contributed by atoms with van der Waals surface area (Å²) in [4.78, 5) is 11.8. The zero-order valence-electron chi connectivity index (χ0n) is 17.6. The second kappa shape index (κ2) is 10.6. The molecule has 156 valence electrons. The van der Waals surface area contributed by atoms with Gasteiger partial charge in [-0.25, -0.2) is 9.98 Å². The molecule has 0 saturated carbocycles. The molecule has 0 spiro atoms. The molecule has 4 nitrogen and oxygen atoms in total. The molecule has 1 fully saturated rings. The third-order valence-corrected chi connectivity index (χ3v) is 6.59. The number of anilines is 1. The summed E-state index contributed by atoms with van der Waals surface area (Å²) >= 11 is 1.76. The summed E-state index contributed by atoms with van der Waals surface area (Å²) in [5.74, 6) is 2.54. The van der Waals surface area contributed by atoms with Crippen LogP contribution >= 0.6 is 11.8 Å². The molecule has 1 aromatic carbocycles. The van der Waals surface area contributed by atoms with Gasteiger partial charge in [-0.3, -0.25) is 0 Å². The van der Waals surface area contributed by atoms with Gasteiger partial charge in [-0.15, -0.1) is 0 Å². The van der Waals surface area contributed by atoms with Crippen LogP contribution in [-0.2, 0) is 6.42 Å². The van der Waals surface area contributed by atoms with E-state index in [9.17, 15) is 0 Å². The highest BCUT2D eigenvalue weighted by atomic mass is 32.2. The summed E-state index contributed by atoms with van der Waals surface area (Å²) in [6.07, 6.45) is 14.1. The lowest BCUT2D eigenvalue weighted by Gasteiger charge is -2.22. The van der Waals surface area contributed by atoms with E-state index in [1.54, 1.807) is 11.8 Å². The molecule has 3 heterocycles. The maximum absolute atomic E-state index is 4.81. The number of allylic oxidation sites excluding steroid dienone is 3. The molecule has 5 heteroatoms. The van der Waals surface area contributed by atoms with Crippen LogP contribution in [0.2, 0.25) is 0 Å². The van der Waals surface area contributed by atoms with Gasteiger partial charge in [0.15, 0.2) is 0 Å². The molecule has 0 unspecified atom stereocenters. The maximum atomic E-state index is 4.81. The first kappa shape index (κ1) is 20.9. The van der Waals surface area contributed by atoms with Gasteiger partial charge in [-0.2, -0.15) is 0 Å². The lowest BCUT2D eigenvalue weighted by atomic mass is 9.92. The molecular weight excluding hydrogens is 388 g/mol. The summed E-state index contributed by atoms with van der Waals surface area (Å²) in [5.41, 5.74) is 2.34. The van der Waals surface area contributed by atoms with Crippen LogP contribution in [0, 0.1) is 5.92 Å². The van der Waals surface area contributed by atoms with Crippen LogP contribution in [0.4, 0.5) is 5.82 Å². The molecule has 1 aromatic heterocycles. The average Bonchev–Trinajstić information content (AvgIpc) is 2.99. The molecule has 2 aromatic rings. The van der Waals surface area contributed by atoms with Crippen molar-refractivity contribution in [2.45, 2.75) is 48.8 Å². The maximum Gasteiger partial charge on any atom is 0.145 e. The van der Waals surface area contributed by atoms with E-state index >= 15 is 0 Å². The van der Waals surface area contributed by atoms with Crippen molar-refractivity contribution < 1.29 is 0 Å². The molecule has 0 atom stereocenters. The number of amidine groups is 1. The smallest absolute Gasteiger partial charge is 0.145 e. The fraction of sp³-hybridized carbons (Fsp3) is 0.360. The molecule has 4 rings (SSSR count). The number of nitrogens with one attached hydrogen (secondary N) is 2. The Morgan fingerprint density at radius 3 is 2.83 bits per heavy atom. The largest absolute Gasteiger partial charge is 0.324 e. The van der Waals surface area contributed by atoms with Crippen molar-refractivity contribution in [3.8, 4) is 0 Å². The Balaban J connectivity index is 1.54. The fourth-order valence-electron chi connectivity index (χ4n) is 3.83. The fourth-order valence-corrected chi connectivity index (χ4v) is 4.79. The van der Waals surface area contributed by atoms with E-state index in [-0.39, 0.29) is 0 Å². The van der Waals surface area contributed by atoms with Gasteiger partial charge in [0, 0.05) is 16.8 Å². The standard InChI is InChI=1S/C25H30N4S/c1-19-7-5-6-10-24(28-19)29-25-23(30-22-8-3-2-4-9-22)17-21(18-27-25)12-11-20-13-15-26-16-14-20/h2-4,6-10,17-18,20,26H,5,11-16H2,1H3,(H,27,28,29). The predicted molar refractivity (Wildman–Crippen MR) is 127 cm³/mol. The Hall–Kier alpha value is -2.37. The normalized spacial score (nSPS) is 17.2. The monoisotopic (exact) mass is 418 g/mol. The minimum Gasteiger partial charge on any atom is -0.324 e. The van der Waals surface area contributed by atoms with Gasteiger partial charge in [0.1, 0.15) is 11.7 Å².